The van der Waals surface area contributed by atoms with Gasteiger partial charge in [0.15, 0.2) is 0 Å². The van der Waals surface area contributed by atoms with Crippen molar-refractivity contribution in [3.8, 4) is 0 Å². The van der Waals surface area contributed by atoms with Crippen molar-refractivity contribution in [2.75, 3.05) is 72.0 Å². The van der Waals surface area contributed by atoms with E-state index in [9.17, 15) is 28.8 Å². The number of amides is 5. The normalized spacial score (nSPS) is 25.1. The molecule has 15 nitrogen and oxygen atoms in total. The van der Waals surface area contributed by atoms with Crippen molar-refractivity contribution in [3.05, 3.63) is 111 Å². The molecule has 3 atom stereocenters. The smallest absolute Gasteiger partial charge is 0.272 e. The number of piperidine rings is 2. The molecule has 0 radical (unpaired) electrons. The number of carbonyl (C=O) groups is 5. The summed E-state index contributed by atoms with van der Waals surface area (Å²) < 4.78 is 38.2. The van der Waals surface area contributed by atoms with Gasteiger partial charge >= 0.3 is 0 Å². The molecule has 3 aromatic carbocycles. The molecule has 4 saturated heterocycles. The number of nitrogens with one attached hydrogen (secondary N) is 2. The van der Waals surface area contributed by atoms with E-state index in [1.165, 1.54) is 12.1 Å². The number of hydrogen-bond donors (Lipinski definition) is 2. The molecule has 2 bridgehead atoms. The van der Waals surface area contributed by atoms with Crippen LogP contribution in [-0.2, 0) is 25.5 Å². The molecule has 1 aromatic heterocycles. The molecular formula is C57H68F2N8O7. The number of piperazine rings is 1. The SMILES string of the molecule is O=C(N[C@@H](C(=O)N1CC[C@H](OC2CCN(CC(=O)N3CCN(C(=O)c4cc(Cc5n[nH]c(=O)c6ccccc56)ccc4F)CC3)CC2)C1)C1CCCCC1)c1cccc(C2CCCN(C(=O)C34CC(C3)C4)C2)c1F. The van der Waals surface area contributed by atoms with Crippen LogP contribution in [0.2, 0.25) is 0 Å². The second-order valence-electron chi connectivity index (χ2n) is 22.4. The molecule has 0 spiro atoms. The maximum atomic E-state index is 16.5. The quantitative estimate of drug-likeness (QED) is 0.162. The van der Waals surface area contributed by atoms with Crippen LogP contribution in [0.3, 0.4) is 0 Å². The first-order chi connectivity index (χ1) is 35.9. The van der Waals surface area contributed by atoms with E-state index in [-0.39, 0.29) is 83.5 Å². The number of likely N-dealkylation sites (tertiary alicyclic amines) is 3. The van der Waals surface area contributed by atoms with Crippen LogP contribution in [0, 0.1) is 28.9 Å². The van der Waals surface area contributed by atoms with Crippen LogP contribution < -0.4 is 10.9 Å². The summed E-state index contributed by atoms with van der Waals surface area (Å²) in [5.74, 6) is -1.70. The van der Waals surface area contributed by atoms with E-state index >= 15 is 8.78 Å². The van der Waals surface area contributed by atoms with Gasteiger partial charge in [0.05, 0.1) is 46.4 Å². The summed E-state index contributed by atoms with van der Waals surface area (Å²) >= 11 is 0. The van der Waals surface area contributed by atoms with Crippen LogP contribution in [0.25, 0.3) is 10.8 Å². The van der Waals surface area contributed by atoms with Gasteiger partial charge in [0.2, 0.25) is 17.7 Å². The van der Waals surface area contributed by atoms with Crippen LogP contribution in [0.4, 0.5) is 8.78 Å². The minimum Gasteiger partial charge on any atom is -0.373 e. The lowest BCUT2D eigenvalue weighted by Gasteiger charge is -2.61. The predicted molar refractivity (Wildman–Crippen MR) is 272 cm³/mol. The highest BCUT2D eigenvalue weighted by atomic mass is 19.1. The average Bonchev–Trinajstić information content (AvgIpc) is 3.87. The number of benzene rings is 3. The second kappa shape index (κ2) is 21.3. The molecule has 4 aliphatic carbocycles. The van der Waals surface area contributed by atoms with Crippen LogP contribution in [0.15, 0.2) is 65.5 Å². The Kier molecular flexibility index (Phi) is 14.4. The Balaban J connectivity index is 0.635. The predicted octanol–water partition coefficient (Wildman–Crippen LogP) is 6.04. The van der Waals surface area contributed by atoms with E-state index < -0.39 is 29.5 Å². The molecule has 4 aromatic rings. The largest absolute Gasteiger partial charge is 0.373 e. The first kappa shape index (κ1) is 50.1. The number of aromatic nitrogens is 2. The van der Waals surface area contributed by atoms with Crippen LogP contribution in [-0.4, -0.2) is 154 Å². The maximum absolute atomic E-state index is 16.5. The Morgan fingerprint density at radius 2 is 1.45 bits per heavy atom. The molecule has 1 unspecified atom stereocenters. The van der Waals surface area contributed by atoms with E-state index in [1.54, 1.807) is 51.1 Å². The van der Waals surface area contributed by atoms with Crippen LogP contribution >= 0.6 is 0 Å². The van der Waals surface area contributed by atoms with Gasteiger partial charge in [-0.25, -0.2) is 13.9 Å². The van der Waals surface area contributed by atoms with Gasteiger partial charge in [0, 0.05) is 83.2 Å². The molecule has 392 valence electrons. The van der Waals surface area contributed by atoms with Crippen molar-refractivity contribution in [1.82, 2.24) is 40.0 Å². The molecule has 74 heavy (non-hydrogen) atoms. The minimum atomic E-state index is -0.773. The summed E-state index contributed by atoms with van der Waals surface area (Å²) in [6.45, 7) is 4.92. The van der Waals surface area contributed by atoms with Crippen molar-refractivity contribution in [2.24, 2.45) is 17.3 Å². The first-order valence-electron chi connectivity index (χ1n) is 27.3. The van der Waals surface area contributed by atoms with Gasteiger partial charge in [-0.05, 0) is 111 Å². The van der Waals surface area contributed by atoms with Crippen molar-refractivity contribution in [1.29, 1.82) is 0 Å². The lowest BCUT2D eigenvalue weighted by atomic mass is 9.44. The number of aromatic amines is 1. The standard InChI is InChI=1S/C57H68F2N8O7/c58-47-16-15-36(29-48-43-11-4-5-12-44(43)53(70)62-61-48)28-46(47)54(71)65-26-24-64(25-27-65)49(68)35-63-21-17-40(18-22-63)74-41-19-23-66(34-41)55(72)51(38-8-2-1-3-9-38)60-52(69)45-14-6-13-42(50(45)59)39-10-7-20-67(33-39)56(73)57-30-37(31-57)32-57/h4-6,11-16,28,37-41,51H,1-3,7-10,17-27,29-35H2,(H,60,69)(H,62,70)/t37?,39?,41-,51+,57?/m0/s1. The Bertz CT molecular complexity index is 2840. The Morgan fingerprint density at radius 3 is 2.19 bits per heavy atom. The number of rotatable bonds is 13. The number of H-pyrrole nitrogens is 1. The summed E-state index contributed by atoms with van der Waals surface area (Å²) in [5, 5.41) is 11.0. The number of halogens is 2. The van der Waals surface area contributed by atoms with Gasteiger partial charge in [-0.1, -0.05) is 55.7 Å². The molecule has 4 aliphatic heterocycles. The summed E-state index contributed by atoms with van der Waals surface area (Å²) in [4.78, 5) is 90.5. The molecule has 5 amide bonds. The fourth-order valence-corrected chi connectivity index (χ4v) is 13.3. The Morgan fingerprint density at radius 1 is 0.716 bits per heavy atom. The van der Waals surface area contributed by atoms with Gasteiger partial charge in [-0.3, -0.25) is 33.7 Å². The van der Waals surface area contributed by atoms with E-state index in [0.29, 0.717) is 98.7 Å². The zero-order valence-electron chi connectivity index (χ0n) is 42.2. The summed E-state index contributed by atoms with van der Waals surface area (Å²) in [6, 6.07) is 15.8. The van der Waals surface area contributed by atoms with Gasteiger partial charge in [-0.2, -0.15) is 5.10 Å². The Hall–Kier alpha value is -6.07. The van der Waals surface area contributed by atoms with Gasteiger partial charge < -0.3 is 29.7 Å². The van der Waals surface area contributed by atoms with Gasteiger partial charge in [-0.15, -0.1) is 0 Å². The third-order valence-corrected chi connectivity index (χ3v) is 17.6. The number of fused-ring (bicyclic) bond motifs is 1. The van der Waals surface area contributed by atoms with E-state index in [4.69, 9.17) is 4.74 Å². The van der Waals surface area contributed by atoms with E-state index in [2.05, 4.69) is 20.4 Å². The number of nitrogens with zero attached hydrogens (tertiary/aromatic N) is 6. The monoisotopic (exact) mass is 1010 g/mol. The van der Waals surface area contributed by atoms with Crippen molar-refractivity contribution >= 4 is 40.3 Å². The van der Waals surface area contributed by atoms with Crippen molar-refractivity contribution < 1.29 is 37.5 Å². The van der Waals surface area contributed by atoms with Crippen molar-refractivity contribution in [2.45, 2.75) is 114 Å². The average molecular weight is 1020 g/mol. The lowest BCUT2D eigenvalue weighted by molar-refractivity contribution is -0.178. The summed E-state index contributed by atoms with van der Waals surface area (Å²) in [6.07, 6.45) is 11.4. The first-order valence-corrected chi connectivity index (χ1v) is 27.3. The Labute approximate surface area is 430 Å². The highest BCUT2D eigenvalue weighted by Gasteiger charge is 2.62. The van der Waals surface area contributed by atoms with E-state index in [0.717, 1.165) is 77.0 Å². The molecule has 12 rings (SSSR count). The molecule has 4 saturated carbocycles. The van der Waals surface area contributed by atoms with Gasteiger partial charge in [0.1, 0.15) is 17.7 Å². The van der Waals surface area contributed by atoms with Gasteiger partial charge in [0.25, 0.3) is 17.4 Å². The topological polar surface area (TPSA) is 169 Å². The third kappa shape index (κ3) is 10.2. The highest BCUT2D eigenvalue weighted by molar-refractivity contribution is 5.98. The lowest BCUT2D eigenvalue weighted by Crippen LogP contribution is -2.62. The van der Waals surface area contributed by atoms with Crippen LogP contribution in [0.5, 0.6) is 0 Å². The maximum Gasteiger partial charge on any atom is 0.272 e. The van der Waals surface area contributed by atoms with E-state index in [1.807, 2.05) is 17.0 Å². The highest BCUT2D eigenvalue weighted by Crippen LogP contribution is 2.65. The fraction of sp³-hybridized carbons (Fsp3) is 0.561. The third-order valence-electron chi connectivity index (χ3n) is 17.6. The molecule has 8 aliphatic rings. The molecule has 5 heterocycles. The summed E-state index contributed by atoms with van der Waals surface area (Å²) in [7, 11) is 0. The number of hydrogen-bond acceptors (Lipinski definition) is 9. The van der Waals surface area contributed by atoms with Crippen LogP contribution in [0.1, 0.15) is 127 Å². The molecular weight excluding hydrogens is 947 g/mol. The number of ether oxygens (including phenoxy) is 1. The molecule has 8 fully saturated rings. The molecule has 17 heteroatoms. The molecule has 2 N–H and O–H groups in total. The zero-order chi connectivity index (χ0) is 51.1. The van der Waals surface area contributed by atoms with Crippen molar-refractivity contribution in [3.63, 3.8) is 0 Å². The minimum absolute atomic E-state index is 0.0196. The summed E-state index contributed by atoms with van der Waals surface area (Å²) in [5.41, 5.74) is 1.17. The zero-order valence-corrected chi connectivity index (χ0v) is 42.2. The fourth-order valence-electron chi connectivity index (χ4n) is 13.3. The second-order valence-corrected chi connectivity index (χ2v) is 22.4. The number of carbonyl (C=O) groups excluding carboxylic acids is 5.